The second-order valence-corrected chi connectivity index (χ2v) is 9.16. The lowest BCUT2D eigenvalue weighted by molar-refractivity contribution is 0.340. The Morgan fingerprint density at radius 2 is 1.77 bits per heavy atom. The summed E-state index contributed by atoms with van der Waals surface area (Å²) in [4.78, 5) is 11.5. The maximum absolute atomic E-state index is 5.89. The smallest absolute Gasteiger partial charge is 0.174 e. The van der Waals surface area contributed by atoms with Gasteiger partial charge in [-0.25, -0.2) is 4.98 Å². The fraction of sp³-hybridized carbons (Fsp3) is 0.250. The molecule has 1 saturated heterocycles. The van der Waals surface area contributed by atoms with Gasteiger partial charge in [0.2, 0.25) is 0 Å². The molecule has 4 aromatic rings. The predicted molar refractivity (Wildman–Crippen MR) is 143 cm³/mol. The van der Waals surface area contributed by atoms with Gasteiger partial charge in [0.25, 0.3) is 0 Å². The molecule has 6 nitrogen and oxygen atoms in total. The molecule has 1 aliphatic heterocycles. The molecule has 3 aromatic heterocycles. The first kappa shape index (κ1) is 23.1. The Balaban J connectivity index is 1.64. The average Bonchev–Trinajstić information content (AvgIpc) is 3.35. The van der Waals surface area contributed by atoms with Crippen LogP contribution in [0.4, 0.5) is 5.69 Å². The highest BCUT2D eigenvalue weighted by atomic mass is 32.1. The quantitative estimate of drug-likeness (QED) is 0.352. The van der Waals surface area contributed by atoms with Crippen LogP contribution in [0.3, 0.4) is 0 Å². The van der Waals surface area contributed by atoms with E-state index in [0.29, 0.717) is 11.7 Å². The van der Waals surface area contributed by atoms with Crippen LogP contribution in [-0.4, -0.2) is 26.3 Å². The van der Waals surface area contributed by atoms with Crippen molar-refractivity contribution in [1.29, 1.82) is 0 Å². The van der Waals surface area contributed by atoms with E-state index in [9.17, 15) is 0 Å². The van der Waals surface area contributed by atoms with Crippen LogP contribution in [0.25, 0.3) is 5.82 Å². The van der Waals surface area contributed by atoms with Crippen molar-refractivity contribution in [2.45, 2.75) is 39.8 Å². The molecule has 1 fully saturated rings. The molecule has 0 aliphatic carbocycles. The number of nitrogens with one attached hydrogen (secondary N) is 1. The summed E-state index contributed by atoms with van der Waals surface area (Å²) in [5.74, 6) is 1.76. The maximum atomic E-state index is 5.89. The van der Waals surface area contributed by atoms with Crippen LogP contribution in [-0.2, 0) is 0 Å². The number of hydrogen-bond acceptors (Lipinski definition) is 4. The molecule has 4 heterocycles. The number of rotatable bonds is 6. The predicted octanol–water partition coefficient (Wildman–Crippen LogP) is 5.77. The van der Waals surface area contributed by atoms with E-state index >= 15 is 0 Å². The van der Waals surface area contributed by atoms with Crippen LogP contribution >= 0.6 is 12.2 Å². The first-order valence-corrected chi connectivity index (χ1v) is 12.2. The third-order valence-corrected chi connectivity index (χ3v) is 6.76. The molecule has 0 radical (unpaired) electrons. The lowest BCUT2D eigenvalue weighted by atomic mass is 9.96. The zero-order chi connectivity index (χ0) is 24.5. The van der Waals surface area contributed by atoms with E-state index in [1.807, 2.05) is 49.6 Å². The first-order chi connectivity index (χ1) is 17.0. The summed E-state index contributed by atoms with van der Waals surface area (Å²) in [6, 6.07) is 20.3. The highest BCUT2D eigenvalue weighted by Crippen LogP contribution is 2.43. The van der Waals surface area contributed by atoms with Gasteiger partial charge in [-0.05, 0) is 106 Å². The maximum Gasteiger partial charge on any atom is 0.174 e. The molecule has 0 saturated carbocycles. The molecular weight excluding hydrogens is 454 g/mol. The molecule has 0 amide bonds. The van der Waals surface area contributed by atoms with Gasteiger partial charge in [-0.3, -0.25) is 4.98 Å². The van der Waals surface area contributed by atoms with E-state index in [0.717, 1.165) is 34.3 Å². The summed E-state index contributed by atoms with van der Waals surface area (Å²) < 4.78 is 7.88. The molecule has 7 heteroatoms. The van der Waals surface area contributed by atoms with Crippen molar-refractivity contribution in [2.75, 3.05) is 11.5 Å². The van der Waals surface area contributed by atoms with Crippen molar-refractivity contribution in [3.8, 4) is 11.6 Å². The number of hydrogen-bond donors (Lipinski definition) is 1. The number of pyridine rings is 2. The van der Waals surface area contributed by atoms with Crippen molar-refractivity contribution >= 4 is 23.0 Å². The fourth-order valence-corrected chi connectivity index (χ4v) is 5.25. The summed E-state index contributed by atoms with van der Waals surface area (Å²) in [6.45, 7) is 8.98. The third-order valence-electron chi connectivity index (χ3n) is 6.44. The Labute approximate surface area is 211 Å². The highest BCUT2D eigenvalue weighted by Gasteiger charge is 2.42. The van der Waals surface area contributed by atoms with E-state index in [1.165, 1.54) is 11.1 Å². The summed E-state index contributed by atoms with van der Waals surface area (Å²) in [5, 5.41) is 4.22. The minimum Gasteiger partial charge on any atom is -0.494 e. The molecule has 0 spiro atoms. The van der Waals surface area contributed by atoms with Crippen LogP contribution in [0.1, 0.15) is 47.2 Å². The Morgan fingerprint density at radius 1 is 0.971 bits per heavy atom. The number of nitrogens with zero attached hydrogens (tertiary/aromatic N) is 4. The second kappa shape index (κ2) is 9.50. The number of aromatic nitrogens is 3. The van der Waals surface area contributed by atoms with Crippen LogP contribution in [0, 0.1) is 20.8 Å². The number of anilines is 1. The molecule has 35 heavy (non-hydrogen) atoms. The SMILES string of the molecule is CCOc1ccc(N2C(=S)N[C@@H](c3ccccn3)[C@H]2c2cc(C)n(-c3cc(C)ccn3)c2C)cc1. The Morgan fingerprint density at radius 3 is 2.46 bits per heavy atom. The molecule has 1 aromatic carbocycles. The molecule has 1 N–H and O–H groups in total. The van der Waals surface area contributed by atoms with Gasteiger partial charge in [0.1, 0.15) is 11.6 Å². The molecule has 0 bridgehead atoms. The van der Waals surface area contributed by atoms with E-state index in [4.69, 9.17) is 17.0 Å². The minimum atomic E-state index is -0.102. The van der Waals surface area contributed by atoms with Gasteiger partial charge in [-0.15, -0.1) is 0 Å². The second-order valence-electron chi connectivity index (χ2n) is 8.78. The van der Waals surface area contributed by atoms with Gasteiger partial charge < -0.3 is 19.5 Å². The highest BCUT2D eigenvalue weighted by molar-refractivity contribution is 7.80. The number of benzene rings is 1. The molecular formula is C28H29N5OS. The average molecular weight is 484 g/mol. The van der Waals surface area contributed by atoms with Crippen molar-refractivity contribution in [3.63, 3.8) is 0 Å². The third kappa shape index (κ3) is 4.28. The van der Waals surface area contributed by atoms with E-state index in [1.54, 1.807) is 0 Å². The van der Waals surface area contributed by atoms with E-state index in [2.05, 4.69) is 75.9 Å². The van der Waals surface area contributed by atoms with Gasteiger partial charge in [-0.2, -0.15) is 0 Å². The van der Waals surface area contributed by atoms with Gasteiger partial charge in [-0.1, -0.05) is 6.07 Å². The minimum absolute atomic E-state index is 0.0832. The van der Waals surface area contributed by atoms with Crippen LogP contribution in [0.2, 0.25) is 0 Å². The number of ether oxygens (including phenoxy) is 1. The van der Waals surface area contributed by atoms with Crippen molar-refractivity contribution in [2.24, 2.45) is 0 Å². The Bertz CT molecular complexity index is 1350. The van der Waals surface area contributed by atoms with Crippen LogP contribution < -0.4 is 15.0 Å². The zero-order valence-electron chi connectivity index (χ0n) is 20.4. The molecule has 2 atom stereocenters. The summed E-state index contributed by atoms with van der Waals surface area (Å²) in [5.41, 5.74) is 6.58. The normalized spacial score (nSPS) is 17.5. The lowest BCUT2D eigenvalue weighted by Gasteiger charge is -2.28. The standard InChI is InChI=1S/C28H29N5OS/c1-5-34-22-11-9-21(10-12-22)33-27(26(31-28(33)35)24-8-6-7-14-29-24)23-17-19(3)32(20(23)4)25-16-18(2)13-15-30-25/h6-17,26-27H,5H2,1-4H3,(H,31,35)/t26-,27+/m0/s1. The molecule has 1 aliphatic rings. The van der Waals surface area contributed by atoms with Crippen LogP contribution in [0.15, 0.2) is 73.1 Å². The van der Waals surface area contributed by atoms with Gasteiger partial charge in [0.05, 0.1) is 24.4 Å². The van der Waals surface area contributed by atoms with Crippen molar-refractivity contribution < 1.29 is 4.74 Å². The number of aryl methyl sites for hydroxylation is 2. The summed E-state index contributed by atoms with van der Waals surface area (Å²) >= 11 is 5.89. The molecule has 178 valence electrons. The van der Waals surface area contributed by atoms with Gasteiger partial charge >= 0.3 is 0 Å². The van der Waals surface area contributed by atoms with Gasteiger partial charge in [0.15, 0.2) is 5.11 Å². The number of thiocarbonyl (C=S) groups is 1. The summed E-state index contributed by atoms with van der Waals surface area (Å²) in [7, 11) is 0. The van der Waals surface area contributed by atoms with Crippen LogP contribution in [0.5, 0.6) is 5.75 Å². The fourth-order valence-electron chi connectivity index (χ4n) is 4.90. The topological polar surface area (TPSA) is 55.2 Å². The lowest BCUT2D eigenvalue weighted by Crippen LogP contribution is -2.29. The largest absolute Gasteiger partial charge is 0.494 e. The summed E-state index contributed by atoms with van der Waals surface area (Å²) in [6.07, 6.45) is 3.69. The van der Waals surface area contributed by atoms with Gasteiger partial charge in [0, 0.05) is 29.5 Å². The van der Waals surface area contributed by atoms with E-state index < -0.39 is 0 Å². The van der Waals surface area contributed by atoms with Crippen molar-refractivity contribution in [1.82, 2.24) is 19.9 Å². The Kier molecular flexibility index (Phi) is 6.26. The molecule has 5 rings (SSSR count). The zero-order valence-corrected chi connectivity index (χ0v) is 21.2. The monoisotopic (exact) mass is 483 g/mol. The Hall–Kier alpha value is -3.71. The van der Waals surface area contributed by atoms with E-state index in [-0.39, 0.29) is 12.1 Å². The molecule has 0 unspecified atom stereocenters. The van der Waals surface area contributed by atoms with Crippen molar-refractivity contribution in [3.05, 3.63) is 101 Å². The first-order valence-electron chi connectivity index (χ1n) is 11.8.